The minimum absolute atomic E-state index is 0.225. The molecule has 7 heteroatoms. The third-order valence-electron chi connectivity index (χ3n) is 4.53. The summed E-state index contributed by atoms with van der Waals surface area (Å²) in [5.41, 5.74) is 3.86. The predicted octanol–water partition coefficient (Wildman–Crippen LogP) is 2.69. The second-order valence-electron chi connectivity index (χ2n) is 6.51. The Hall–Kier alpha value is -3.09. The van der Waals surface area contributed by atoms with Crippen molar-refractivity contribution in [2.24, 2.45) is 7.05 Å². The molecular formula is C19H22N6O. The van der Waals surface area contributed by atoms with Crippen molar-refractivity contribution < 1.29 is 4.79 Å². The van der Waals surface area contributed by atoms with Crippen molar-refractivity contribution in [3.8, 4) is 0 Å². The number of aryl methyl sites for hydroxylation is 2. The maximum absolute atomic E-state index is 12.2. The lowest BCUT2D eigenvalue weighted by Gasteiger charge is -2.17. The Balaban J connectivity index is 1.34. The highest BCUT2D eigenvalue weighted by Crippen LogP contribution is 2.22. The molecule has 0 spiro atoms. The van der Waals surface area contributed by atoms with Crippen LogP contribution >= 0.6 is 0 Å². The van der Waals surface area contributed by atoms with Gasteiger partial charge >= 0.3 is 6.03 Å². The molecule has 26 heavy (non-hydrogen) atoms. The minimum Gasteiger partial charge on any atom is -0.370 e. The maximum Gasteiger partial charge on any atom is 0.319 e. The summed E-state index contributed by atoms with van der Waals surface area (Å²) < 4.78 is 1.74. The van der Waals surface area contributed by atoms with Crippen LogP contribution in [0.5, 0.6) is 0 Å². The van der Waals surface area contributed by atoms with E-state index in [-0.39, 0.29) is 6.03 Å². The third-order valence-corrected chi connectivity index (χ3v) is 4.53. The molecule has 4 rings (SSSR count). The summed E-state index contributed by atoms with van der Waals surface area (Å²) in [6.45, 7) is 1.50. The van der Waals surface area contributed by atoms with Crippen LogP contribution in [0.2, 0.25) is 0 Å². The van der Waals surface area contributed by atoms with E-state index in [1.54, 1.807) is 4.68 Å². The van der Waals surface area contributed by atoms with E-state index in [2.05, 4.69) is 32.1 Å². The Morgan fingerprint density at radius 2 is 2.23 bits per heavy atom. The summed E-state index contributed by atoms with van der Waals surface area (Å²) in [7, 11) is 1.87. The number of hydrogen-bond donors (Lipinski definition) is 3. The Bertz CT molecular complexity index is 948. The van der Waals surface area contributed by atoms with E-state index in [0.717, 1.165) is 47.5 Å². The smallest absolute Gasteiger partial charge is 0.319 e. The lowest BCUT2D eigenvalue weighted by molar-refractivity contribution is 0.252. The number of nitrogens with one attached hydrogen (secondary N) is 3. The van der Waals surface area contributed by atoms with Crippen LogP contribution in [0.15, 0.2) is 36.5 Å². The van der Waals surface area contributed by atoms with Crippen LogP contribution < -0.4 is 16.0 Å². The molecule has 0 saturated carbocycles. The zero-order chi connectivity index (χ0) is 17.9. The molecular weight excluding hydrogens is 328 g/mol. The number of carbonyl (C=O) groups excluding carboxylic acids is 1. The summed E-state index contributed by atoms with van der Waals surface area (Å²) >= 11 is 0. The van der Waals surface area contributed by atoms with Gasteiger partial charge in [0.2, 0.25) is 0 Å². The van der Waals surface area contributed by atoms with Crippen molar-refractivity contribution in [1.82, 2.24) is 20.1 Å². The van der Waals surface area contributed by atoms with Gasteiger partial charge in [-0.05, 0) is 36.6 Å². The van der Waals surface area contributed by atoms with Gasteiger partial charge in [0.25, 0.3) is 0 Å². The largest absolute Gasteiger partial charge is 0.370 e. The summed E-state index contributed by atoms with van der Waals surface area (Å²) in [4.78, 5) is 16.8. The topological polar surface area (TPSA) is 83.9 Å². The standard InChI is InChI=1S/C19H22N6O/c1-25-12-15-16(5-2-6-17(15)24-25)23-19(26)21-11-9-14-8-7-13-4-3-10-20-18(13)22-14/h2,5-8,12H,3-4,9-11H2,1H3,(H,20,22)(H2,21,23,26). The maximum atomic E-state index is 12.2. The molecule has 2 aromatic heterocycles. The number of urea groups is 1. The van der Waals surface area contributed by atoms with E-state index in [1.165, 1.54) is 5.56 Å². The van der Waals surface area contributed by atoms with E-state index in [4.69, 9.17) is 0 Å². The zero-order valence-electron chi connectivity index (χ0n) is 14.7. The minimum atomic E-state index is -0.225. The highest BCUT2D eigenvalue weighted by atomic mass is 16.2. The van der Waals surface area contributed by atoms with Crippen molar-refractivity contribution in [3.63, 3.8) is 0 Å². The highest BCUT2D eigenvalue weighted by Gasteiger charge is 2.11. The van der Waals surface area contributed by atoms with Gasteiger partial charge in [-0.1, -0.05) is 12.1 Å². The molecule has 134 valence electrons. The second-order valence-corrected chi connectivity index (χ2v) is 6.51. The lowest BCUT2D eigenvalue weighted by Crippen LogP contribution is -2.30. The van der Waals surface area contributed by atoms with Crippen LogP contribution in [0, 0.1) is 0 Å². The van der Waals surface area contributed by atoms with Crippen LogP contribution in [-0.2, 0) is 19.9 Å². The molecule has 3 heterocycles. The molecule has 0 fully saturated rings. The number of amides is 2. The fourth-order valence-corrected chi connectivity index (χ4v) is 3.25. The molecule has 0 saturated heterocycles. The average molecular weight is 350 g/mol. The lowest BCUT2D eigenvalue weighted by atomic mass is 10.1. The summed E-state index contributed by atoms with van der Waals surface area (Å²) in [5, 5.41) is 14.4. The monoisotopic (exact) mass is 350 g/mol. The Labute approximate surface area is 151 Å². The first-order chi connectivity index (χ1) is 12.7. The van der Waals surface area contributed by atoms with Gasteiger partial charge in [0, 0.05) is 43.8 Å². The van der Waals surface area contributed by atoms with Crippen LogP contribution in [0.25, 0.3) is 10.9 Å². The number of hydrogen-bond acceptors (Lipinski definition) is 4. The van der Waals surface area contributed by atoms with Gasteiger partial charge in [-0.3, -0.25) is 4.68 Å². The van der Waals surface area contributed by atoms with Crippen molar-refractivity contribution in [3.05, 3.63) is 47.8 Å². The molecule has 1 aliphatic heterocycles. The quantitative estimate of drug-likeness (QED) is 0.675. The van der Waals surface area contributed by atoms with E-state index in [1.807, 2.05) is 37.5 Å². The molecule has 0 unspecified atom stereocenters. The van der Waals surface area contributed by atoms with Gasteiger partial charge in [-0.2, -0.15) is 5.10 Å². The van der Waals surface area contributed by atoms with Crippen molar-refractivity contribution >= 4 is 28.4 Å². The zero-order valence-corrected chi connectivity index (χ0v) is 14.7. The first-order valence-electron chi connectivity index (χ1n) is 8.89. The highest BCUT2D eigenvalue weighted by molar-refractivity contribution is 6.00. The fourth-order valence-electron chi connectivity index (χ4n) is 3.25. The normalized spacial score (nSPS) is 13.1. The molecule has 0 atom stereocenters. The van der Waals surface area contributed by atoms with Crippen molar-refractivity contribution in [2.75, 3.05) is 23.7 Å². The number of fused-ring (bicyclic) bond motifs is 2. The Morgan fingerprint density at radius 3 is 3.15 bits per heavy atom. The van der Waals surface area contributed by atoms with Crippen molar-refractivity contribution in [2.45, 2.75) is 19.3 Å². The van der Waals surface area contributed by atoms with E-state index < -0.39 is 0 Å². The fraction of sp³-hybridized carbons (Fsp3) is 0.316. The number of rotatable bonds is 4. The number of carbonyl (C=O) groups is 1. The molecule has 1 aliphatic rings. The van der Waals surface area contributed by atoms with Crippen molar-refractivity contribution in [1.29, 1.82) is 0 Å². The molecule has 0 radical (unpaired) electrons. The van der Waals surface area contributed by atoms with Gasteiger partial charge in [-0.15, -0.1) is 0 Å². The molecule has 3 N–H and O–H groups in total. The average Bonchev–Trinajstić information content (AvgIpc) is 3.03. The van der Waals surface area contributed by atoms with Gasteiger partial charge in [0.1, 0.15) is 5.82 Å². The summed E-state index contributed by atoms with van der Waals surface area (Å²) in [6.07, 6.45) is 4.82. The molecule has 3 aromatic rings. The first kappa shape index (κ1) is 16.4. The second kappa shape index (κ2) is 7.03. The van der Waals surface area contributed by atoms with E-state index in [9.17, 15) is 4.79 Å². The Kier molecular flexibility index (Phi) is 4.43. The molecule has 1 aromatic carbocycles. The van der Waals surface area contributed by atoms with Crippen LogP contribution in [0.1, 0.15) is 17.7 Å². The number of aromatic nitrogens is 3. The van der Waals surface area contributed by atoms with Gasteiger partial charge in [-0.25, -0.2) is 9.78 Å². The molecule has 0 bridgehead atoms. The van der Waals surface area contributed by atoms with Crippen LogP contribution in [0.3, 0.4) is 0 Å². The van der Waals surface area contributed by atoms with E-state index in [0.29, 0.717) is 13.0 Å². The third kappa shape index (κ3) is 3.46. The number of anilines is 2. The number of benzene rings is 1. The van der Waals surface area contributed by atoms with E-state index >= 15 is 0 Å². The van der Waals surface area contributed by atoms with Crippen LogP contribution in [0.4, 0.5) is 16.3 Å². The van der Waals surface area contributed by atoms with Gasteiger partial charge < -0.3 is 16.0 Å². The van der Waals surface area contributed by atoms with Gasteiger partial charge in [0.05, 0.1) is 11.2 Å². The molecule has 7 nitrogen and oxygen atoms in total. The first-order valence-corrected chi connectivity index (χ1v) is 8.89. The predicted molar refractivity (Wildman–Crippen MR) is 102 cm³/mol. The Morgan fingerprint density at radius 1 is 1.31 bits per heavy atom. The summed E-state index contributed by atoms with van der Waals surface area (Å²) in [6, 6.07) is 9.63. The SMILES string of the molecule is Cn1cc2c(NC(=O)NCCc3ccc4c(n3)NCCC4)cccc2n1. The summed E-state index contributed by atoms with van der Waals surface area (Å²) in [5.74, 6) is 0.987. The number of nitrogens with zero attached hydrogens (tertiary/aromatic N) is 3. The molecule has 0 aliphatic carbocycles. The van der Waals surface area contributed by atoms with Crippen LogP contribution in [-0.4, -0.2) is 33.9 Å². The number of pyridine rings is 1. The molecule has 2 amide bonds. The van der Waals surface area contributed by atoms with Gasteiger partial charge in [0.15, 0.2) is 0 Å².